The Morgan fingerprint density at radius 2 is 1.82 bits per heavy atom. The molecule has 1 aliphatic carbocycles. The highest BCUT2D eigenvalue weighted by Crippen LogP contribution is 2.44. The van der Waals surface area contributed by atoms with Crippen molar-refractivity contribution in [3.63, 3.8) is 0 Å². The number of likely N-dealkylation sites (tertiary alicyclic amines) is 2. The number of ketones is 1. The molecule has 0 bridgehead atoms. The summed E-state index contributed by atoms with van der Waals surface area (Å²) in [6.07, 6.45) is 9.61. The summed E-state index contributed by atoms with van der Waals surface area (Å²) in [5.74, 6) is 2.00. The first kappa shape index (κ1) is 21.0. The third-order valence-corrected chi connectivity index (χ3v) is 7.81. The largest absolute Gasteiger partial charge is 0.298 e. The highest BCUT2D eigenvalue weighted by Gasteiger charge is 2.45. The van der Waals surface area contributed by atoms with Crippen molar-refractivity contribution in [3.8, 4) is 11.1 Å². The maximum absolute atomic E-state index is 12.7. The predicted molar refractivity (Wildman–Crippen MR) is 130 cm³/mol. The van der Waals surface area contributed by atoms with Gasteiger partial charge in [0.2, 0.25) is 0 Å². The minimum atomic E-state index is 0.274. The third kappa shape index (κ3) is 4.46. The van der Waals surface area contributed by atoms with Gasteiger partial charge in [-0.15, -0.1) is 0 Å². The molecule has 0 spiro atoms. The van der Waals surface area contributed by atoms with E-state index in [-0.39, 0.29) is 5.78 Å². The van der Waals surface area contributed by atoms with Gasteiger partial charge in [-0.1, -0.05) is 18.6 Å². The van der Waals surface area contributed by atoms with Crippen molar-refractivity contribution in [1.82, 2.24) is 24.6 Å². The van der Waals surface area contributed by atoms with Gasteiger partial charge in [0, 0.05) is 49.5 Å². The molecular formula is C27H33N5O. The van der Waals surface area contributed by atoms with E-state index in [4.69, 9.17) is 0 Å². The molecule has 2 aliphatic heterocycles. The maximum atomic E-state index is 12.7. The molecule has 2 unspecified atom stereocenters. The average Bonchev–Trinajstić information content (AvgIpc) is 3.26. The van der Waals surface area contributed by atoms with Crippen LogP contribution in [0.5, 0.6) is 0 Å². The van der Waals surface area contributed by atoms with E-state index in [1.807, 2.05) is 24.1 Å². The number of carbonyl (C=O) groups excluding carboxylic acids is 1. The van der Waals surface area contributed by atoms with E-state index < -0.39 is 0 Å². The Labute approximate surface area is 195 Å². The Balaban J connectivity index is 1.20. The van der Waals surface area contributed by atoms with Gasteiger partial charge in [0.25, 0.3) is 0 Å². The van der Waals surface area contributed by atoms with E-state index >= 15 is 0 Å². The lowest BCUT2D eigenvalue weighted by Gasteiger charge is -2.26. The Bertz CT molecular complexity index is 1170. The van der Waals surface area contributed by atoms with Gasteiger partial charge in [0.1, 0.15) is 0 Å². The van der Waals surface area contributed by atoms with Crippen LogP contribution in [0, 0.1) is 11.8 Å². The Morgan fingerprint density at radius 3 is 2.64 bits per heavy atom. The van der Waals surface area contributed by atoms with Crippen molar-refractivity contribution in [2.75, 3.05) is 32.7 Å². The molecule has 1 saturated carbocycles. The van der Waals surface area contributed by atoms with E-state index in [0.717, 1.165) is 47.9 Å². The Hall–Kier alpha value is -2.57. The van der Waals surface area contributed by atoms with Crippen molar-refractivity contribution in [3.05, 3.63) is 48.0 Å². The van der Waals surface area contributed by atoms with Gasteiger partial charge in [0.15, 0.2) is 5.78 Å². The second-order valence-corrected chi connectivity index (χ2v) is 10.4. The summed E-state index contributed by atoms with van der Waals surface area (Å²) in [5.41, 5.74) is 4.52. The molecule has 3 aliphatic rings. The summed E-state index contributed by atoms with van der Waals surface area (Å²) in [7, 11) is 2.04. The predicted octanol–water partition coefficient (Wildman–Crippen LogP) is 3.68. The number of hydrogen-bond acceptors (Lipinski definition) is 5. The van der Waals surface area contributed by atoms with Crippen molar-refractivity contribution in [2.45, 2.75) is 38.6 Å². The summed E-state index contributed by atoms with van der Waals surface area (Å²) in [4.78, 5) is 22.1. The van der Waals surface area contributed by atoms with E-state index in [2.05, 4.69) is 44.1 Å². The van der Waals surface area contributed by atoms with Crippen LogP contribution in [0.2, 0.25) is 0 Å². The van der Waals surface area contributed by atoms with Crippen LogP contribution >= 0.6 is 0 Å². The first-order chi connectivity index (χ1) is 16.1. The van der Waals surface area contributed by atoms with Gasteiger partial charge in [-0.05, 0) is 67.3 Å². The lowest BCUT2D eigenvalue weighted by molar-refractivity contribution is -0.119. The number of benzene rings is 1. The number of aryl methyl sites for hydroxylation is 1. The molecule has 172 valence electrons. The second kappa shape index (κ2) is 8.65. The Kier molecular flexibility index (Phi) is 5.51. The van der Waals surface area contributed by atoms with E-state index in [0.29, 0.717) is 13.0 Å². The van der Waals surface area contributed by atoms with Crippen LogP contribution in [-0.4, -0.2) is 63.1 Å². The number of carbonyl (C=O) groups is 1. The van der Waals surface area contributed by atoms with E-state index in [1.165, 1.54) is 55.6 Å². The maximum Gasteiger partial charge on any atom is 0.152 e. The van der Waals surface area contributed by atoms with Crippen LogP contribution in [0.3, 0.4) is 0 Å². The van der Waals surface area contributed by atoms with E-state index in [1.54, 1.807) is 0 Å². The number of piperidine rings is 2. The molecule has 1 aromatic carbocycles. The van der Waals surface area contributed by atoms with Gasteiger partial charge >= 0.3 is 0 Å². The lowest BCUT2D eigenvalue weighted by Crippen LogP contribution is -2.30. The highest BCUT2D eigenvalue weighted by atomic mass is 16.1. The number of aromatic nitrogens is 3. The molecule has 0 radical (unpaired) electrons. The van der Waals surface area contributed by atoms with E-state index in [9.17, 15) is 4.79 Å². The molecule has 2 aromatic heterocycles. The fourth-order valence-electron chi connectivity index (χ4n) is 5.80. The number of Topliss-reactive ketones (excluding diaryl/α,β-unsaturated/α-hetero) is 1. The minimum Gasteiger partial charge on any atom is -0.298 e. The first-order valence-electron chi connectivity index (χ1n) is 12.5. The smallest absolute Gasteiger partial charge is 0.152 e. The molecule has 6 heteroatoms. The normalized spacial score (nSPS) is 23.2. The van der Waals surface area contributed by atoms with Gasteiger partial charge in [0.05, 0.1) is 24.9 Å². The zero-order valence-electron chi connectivity index (χ0n) is 19.5. The molecule has 0 amide bonds. The topological polar surface area (TPSA) is 54.3 Å². The molecule has 3 aromatic rings. The summed E-state index contributed by atoms with van der Waals surface area (Å²) in [6.45, 7) is 6.07. The fraction of sp³-hybridized carbons (Fsp3) is 0.519. The standard InChI is InChI=1S/C27H33N5O/c1-30-27(18-31-7-3-2-4-8-31)26(14-29-30)19-5-6-20-13-28-24(11-21(20)9-19)12-25(33)17-32-15-22-10-23(22)16-32/h5-6,9,11,13-14,22-23H,2-4,7-8,10,12,15-18H2,1H3. The van der Waals surface area contributed by atoms with Crippen molar-refractivity contribution in [1.29, 1.82) is 0 Å². The van der Waals surface area contributed by atoms with Crippen LogP contribution < -0.4 is 0 Å². The quantitative estimate of drug-likeness (QED) is 0.558. The molecule has 6 rings (SSSR count). The Morgan fingerprint density at radius 1 is 1.00 bits per heavy atom. The van der Waals surface area contributed by atoms with Gasteiger partial charge in [-0.2, -0.15) is 5.10 Å². The van der Waals surface area contributed by atoms with Gasteiger partial charge < -0.3 is 0 Å². The summed E-state index contributed by atoms with van der Waals surface area (Å²) < 4.78 is 2.02. The van der Waals surface area contributed by atoms with Crippen LogP contribution in [-0.2, 0) is 24.8 Å². The number of pyridine rings is 1. The number of nitrogens with zero attached hydrogens (tertiary/aromatic N) is 5. The SMILES string of the molecule is Cn1ncc(-c2ccc3cnc(CC(=O)CN4CC5CC5C4)cc3c2)c1CN1CCCCC1. The zero-order chi connectivity index (χ0) is 22.4. The van der Waals surface area contributed by atoms with Gasteiger partial charge in [-0.3, -0.25) is 24.3 Å². The van der Waals surface area contributed by atoms with Gasteiger partial charge in [-0.25, -0.2) is 0 Å². The molecule has 0 N–H and O–H groups in total. The fourth-order valence-corrected chi connectivity index (χ4v) is 5.80. The molecule has 3 fully saturated rings. The van der Waals surface area contributed by atoms with Crippen LogP contribution in [0.1, 0.15) is 37.1 Å². The first-order valence-corrected chi connectivity index (χ1v) is 12.5. The highest BCUT2D eigenvalue weighted by molar-refractivity contribution is 5.89. The second-order valence-electron chi connectivity index (χ2n) is 10.4. The minimum absolute atomic E-state index is 0.274. The number of fused-ring (bicyclic) bond motifs is 2. The molecule has 4 heterocycles. The molecule has 6 nitrogen and oxygen atoms in total. The number of rotatable bonds is 7. The van der Waals surface area contributed by atoms with Crippen LogP contribution in [0.25, 0.3) is 21.9 Å². The molecule has 2 atom stereocenters. The molecule has 2 saturated heterocycles. The third-order valence-electron chi connectivity index (χ3n) is 7.81. The average molecular weight is 444 g/mol. The summed E-state index contributed by atoms with van der Waals surface area (Å²) in [5, 5.41) is 6.83. The summed E-state index contributed by atoms with van der Waals surface area (Å²) in [6, 6.07) is 8.64. The van der Waals surface area contributed by atoms with Crippen LogP contribution in [0.15, 0.2) is 36.7 Å². The van der Waals surface area contributed by atoms with Crippen LogP contribution in [0.4, 0.5) is 0 Å². The summed E-state index contributed by atoms with van der Waals surface area (Å²) >= 11 is 0. The lowest BCUT2D eigenvalue weighted by atomic mass is 10.0. The number of hydrogen-bond donors (Lipinski definition) is 0. The molecular weight excluding hydrogens is 410 g/mol. The van der Waals surface area contributed by atoms with Crippen molar-refractivity contribution in [2.24, 2.45) is 18.9 Å². The molecule has 33 heavy (non-hydrogen) atoms. The monoisotopic (exact) mass is 443 g/mol. The zero-order valence-corrected chi connectivity index (χ0v) is 19.5. The van der Waals surface area contributed by atoms with Crippen molar-refractivity contribution < 1.29 is 4.79 Å². The van der Waals surface area contributed by atoms with Crippen molar-refractivity contribution >= 4 is 16.6 Å².